The Morgan fingerprint density at radius 3 is 2.80 bits per heavy atom. The fraction of sp³-hybridized carbons (Fsp3) is 0.294. The van der Waals surface area contributed by atoms with Crippen LogP contribution in [0.1, 0.15) is 11.5 Å². The highest BCUT2D eigenvalue weighted by atomic mass is 32.1. The van der Waals surface area contributed by atoms with Crippen molar-refractivity contribution in [3.63, 3.8) is 0 Å². The molecule has 3 aromatic rings. The van der Waals surface area contributed by atoms with Crippen LogP contribution in [0, 0.1) is 11.3 Å². The number of thiophene rings is 1. The maximum atomic E-state index is 9.22. The number of pyridine rings is 1. The van der Waals surface area contributed by atoms with E-state index in [4.69, 9.17) is 4.42 Å². The molecule has 25 heavy (non-hydrogen) atoms. The fourth-order valence-corrected chi connectivity index (χ4v) is 3.51. The van der Waals surface area contributed by atoms with Crippen molar-refractivity contribution in [3.8, 4) is 16.8 Å². The lowest BCUT2D eigenvalue weighted by Gasteiger charge is -2.34. The molecule has 4 heterocycles. The number of hydrogen-bond donors (Lipinski definition) is 0. The largest absolute Gasteiger partial charge is 0.419 e. The number of piperazine rings is 1. The Morgan fingerprint density at radius 2 is 2.04 bits per heavy atom. The molecule has 0 aromatic carbocycles. The van der Waals surface area contributed by atoms with Crippen LogP contribution in [0.2, 0.25) is 0 Å². The molecule has 1 aliphatic rings. The van der Waals surface area contributed by atoms with E-state index in [0.29, 0.717) is 23.9 Å². The fourth-order valence-electron chi connectivity index (χ4n) is 2.86. The van der Waals surface area contributed by atoms with Crippen molar-refractivity contribution in [1.29, 1.82) is 5.26 Å². The van der Waals surface area contributed by atoms with Crippen molar-refractivity contribution in [2.45, 2.75) is 6.54 Å². The van der Waals surface area contributed by atoms with E-state index in [-0.39, 0.29) is 0 Å². The SMILES string of the molecule is N#Cc1cccnc1N1CCN(Cc2nnc(-c3cccs3)o2)CC1. The molecule has 8 heteroatoms. The van der Waals surface area contributed by atoms with Crippen LogP contribution < -0.4 is 4.90 Å². The van der Waals surface area contributed by atoms with E-state index in [2.05, 4.69) is 31.1 Å². The Morgan fingerprint density at radius 1 is 1.16 bits per heavy atom. The summed E-state index contributed by atoms with van der Waals surface area (Å²) >= 11 is 1.59. The van der Waals surface area contributed by atoms with Gasteiger partial charge in [0.25, 0.3) is 5.89 Å². The van der Waals surface area contributed by atoms with Crippen molar-refractivity contribution in [3.05, 3.63) is 47.3 Å². The quantitative estimate of drug-likeness (QED) is 0.713. The molecule has 0 saturated carbocycles. The van der Waals surface area contributed by atoms with Crippen molar-refractivity contribution in [2.24, 2.45) is 0 Å². The first kappa shape index (κ1) is 15.7. The Labute approximate surface area is 149 Å². The summed E-state index contributed by atoms with van der Waals surface area (Å²) in [6.45, 7) is 3.99. The predicted molar refractivity (Wildman–Crippen MR) is 94.1 cm³/mol. The normalized spacial score (nSPS) is 15.2. The smallest absolute Gasteiger partial charge is 0.257 e. The molecule has 1 aliphatic heterocycles. The van der Waals surface area contributed by atoms with E-state index in [0.717, 1.165) is 36.9 Å². The third-order valence-electron chi connectivity index (χ3n) is 4.14. The van der Waals surface area contributed by atoms with Crippen molar-refractivity contribution < 1.29 is 4.42 Å². The second kappa shape index (κ2) is 7.01. The van der Waals surface area contributed by atoms with Gasteiger partial charge in [-0.25, -0.2) is 4.98 Å². The number of anilines is 1. The highest BCUT2D eigenvalue weighted by Crippen LogP contribution is 2.24. The zero-order valence-corrected chi connectivity index (χ0v) is 14.3. The molecular formula is C17H16N6OS. The summed E-state index contributed by atoms with van der Waals surface area (Å²) in [6, 6.07) is 9.75. The van der Waals surface area contributed by atoms with Crippen molar-refractivity contribution >= 4 is 17.2 Å². The third kappa shape index (κ3) is 3.38. The average Bonchev–Trinajstić information content (AvgIpc) is 3.34. The zero-order chi connectivity index (χ0) is 17.1. The van der Waals surface area contributed by atoms with E-state index in [9.17, 15) is 5.26 Å². The van der Waals surface area contributed by atoms with Crippen LogP contribution >= 0.6 is 11.3 Å². The number of nitriles is 1. The van der Waals surface area contributed by atoms with E-state index < -0.39 is 0 Å². The number of rotatable bonds is 4. The Hall–Kier alpha value is -2.76. The van der Waals surface area contributed by atoms with Crippen LogP contribution in [0.3, 0.4) is 0 Å². The molecule has 0 aliphatic carbocycles. The van der Waals surface area contributed by atoms with Crippen molar-refractivity contribution in [1.82, 2.24) is 20.1 Å². The molecule has 1 saturated heterocycles. The monoisotopic (exact) mass is 352 g/mol. The first-order chi connectivity index (χ1) is 12.3. The molecule has 4 rings (SSSR count). The van der Waals surface area contributed by atoms with Gasteiger partial charge in [0.15, 0.2) is 0 Å². The molecule has 7 nitrogen and oxygen atoms in total. The molecule has 0 amide bonds. The van der Waals surface area contributed by atoms with Crippen LogP contribution in [0.25, 0.3) is 10.8 Å². The molecule has 0 bridgehead atoms. The molecule has 0 unspecified atom stereocenters. The second-order valence-corrected chi connectivity index (χ2v) is 6.68. The zero-order valence-electron chi connectivity index (χ0n) is 13.5. The van der Waals surface area contributed by atoms with E-state index >= 15 is 0 Å². The summed E-state index contributed by atoms with van der Waals surface area (Å²) in [6.07, 6.45) is 1.73. The number of hydrogen-bond acceptors (Lipinski definition) is 8. The summed E-state index contributed by atoms with van der Waals surface area (Å²) in [7, 11) is 0. The van der Waals surface area contributed by atoms with Gasteiger partial charge in [0, 0.05) is 32.4 Å². The van der Waals surface area contributed by atoms with Crippen LogP contribution in [-0.4, -0.2) is 46.3 Å². The highest BCUT2D eigenvalue weighted by molar-refractivity contribution is 7.13. The van der Waals surface area contributed by atoms with Crippen molar-refractivity contribution in [2.75, 3.05) is 31.1 Å². The maximum Gasteiger partial charge on any atom is 0.257 e. The maximum absolute atomic E-state index is 9.22. The lowest BCUT2D eigenvalue weighted by Crippen LogP contribution is -2.46. The lowest BCUT2D eigenvalue weighted by molar-refractivity contribution is 0.226. The van der Waals surface area contributed by atoms with Crippen LogP contribution in [0.5, 0.6) is 0 Å². The van der Waals surface area contributed by atoms with Gasteiger partial charge in [-0.05, 0) is 23.6 Å². The van der Waals surface area contributed by atoms with Gasteiger partial charge in [0.05, 0.1) is 17.0 Å². The summed E-state index contributed by atoms with van der Waals surface area (Å²) in [5.74, 6) is 1.98. The first-order valence-electron chi connectivity index (χ1n) is 8.02. The van der Waals surface area contributed by atoms with Gasteiger partial charge < -0.3 is 9.32 Å². The van der Waals surface area contributed by atoms with Crippen LogP contribution in [0.4, 0.5) is 5.82 Å². The molecule has 0 N–H and O–H groups in total. The molecule has 0 spiro atoms. The van der Waals surface area contributed by atoms with Crippen LogP contribution in [0.15, 0.2) is 40.3 Å². The van der Waals surface area contributed by atoms with Gasteiger partial charge in [-0.1, -0.05) is 6.07 Å². The molecular weight excluding hydrogens is 336 g/mol. The summed E-state index contributed by atoms with van der Waals surface area (Å²) in [5.41, 5.74) is 0.619. The topological polar surface area (TPSA) is 82.1 Å². The third-order valence-corrected chi connectivity index (χ3v) is 4.99. The van der Waals surface area contributed by atoms with E-state index in [1.165, 1.54) is 0 Å². The van der Waals surface area contributed by atoms with Gasteiger partial charge in [0.1, 0.15) is 11.9 Å². The lowest BCUT2D eigenvalue weighted by atomic mass is 10.2. The Kier molecular flexibility index (Phi) is 4.41. The second-order valence-electron chi connectivity index (χ2n) is 5.73. The summed E-state index contributed by atoms with van der Waals surface area (Å²) < 4.78 is 5.76. The standard InChI is InChI=1S/C17H16N6OS/c18-11-13-3-1-5-19-16(13)23-8-6-22(7-9-23)12-15-20-21-17(24-15)14-4-2-10-25-14/h1-5,10H,6-9,12H2. The van der Waals surface area contributed by atoms with Gasteiger partial charge in [-0.15, -0.1) is 21.5 Å². The minimum atomic E-state index is 0.579. The van der Waals surface area contributed by atoms with Gasteiger partial charge in [-0.3, -0.25) is 4.90 Å². The molecule has 3 aromatic heterocycles. The van der Waals surface area contributed by atoms with E-state index in [1.54, 1.807) is 29.7 Å². The minimum absolute atomic E-state index is 0.579. The van der Waals surface area contributed by atoms with Gasteiger partial charge in [0.2, 0.25) is 5.89 Å². The Bertz CT molecular complexity index is 877. The molecule has 1 fully saturated rings. The summed E-state index contributed by atoms with van der Waals surface area (Å²) in [4.78, 5) is 9.78. The predicted octanol–water partition coefficient (Wildman–Crippen LogP) is 2.39. The van der Waals surface area contributed by atoms with Gasteiger partial charge >= 0.3 is 0 Å². The Balaban J connectivity index is 1.37. The van der Waals surface area contributed by atoms with E-state index in [1.807, 2.05) is 17.5 Å². The highest BCUT2D eigenvalue weighted by Gasteiger charge is 2.21. The minimum Gasteiger partial charge on any atom is -0.419 e. The number of nitrogens with zero attached hydrogens (tertiary/aromatic N) is 6. The molecule has 126 valence electrons. The van der Waals surface area contributed by atoms with Crippen LogP contribution in [-0.2, 0) is 6.54 Å². The number of aromatic nitrogens is 3. The molecule has 0 radical (unpaired) electrons. The average molecular weight is 352 g/mol. The molecule has 0 atom stereocenters. The van der Waals surface area contributed by atoms with Gasteiger partial charge in [-0.2, -0.15) is 5.26 Å². The summed E-state index contributed by atoms with van der Waals surface area (Å²) in [5, 5.41) is 19.5. The first-order valence-corrected chi connectivity index (χ1v) is 8.90.